The molecule has 0 fully saturated rings. The number of halogens is 3. The van der Waals surface area contributed by atoms with E-state index in [0.717, 1.165) is 5.56 Å². The molecule has 0 bridgehead atoms. The monoisotopic (exact) mass is 598 g/mol. The van der Waals surface area contributed by atoms with E-state index in [1.807, 2.05) is 30.3 Å². The molecule has 1 amide bonds. The van der Waals surface area contributed by atoms with Crippen molar-refractivity contribution in [3.8, 4) is 0 Å². The SMILES string of the molecule is O=C(NCc1ccccc1)c1ccc2cc(Br)c([C](F)(F)[Po])cc2n1. The first-order valence-corrected chi connectivity index (χ1v) is 9.74. The van der Waals surface area contributed by atoms with E-state index in [1.54, 1.807) is 18.2 Å². The van der Waals surface area contributed by atoms with Gasteiger partial charge in [0.2, 0.25) is 0 Å². The van der Waals surface area contributed by atoms with E-state index in [-0.39, 0.29) is 42.2 Å². The molecular formula is C18H12BrF2N2OPo. The second-order valence-corrected chi connectivity index (χ2v) is 8.25. The number of nitrogens with one attached hydrogen (secondary N) is 1. The molecule has 127 valence electrons. The number of hydrogen-bond donors (Lipinski definition) is 1. The molecule has 0 spiro atoms. The quantitative estimate of drug-likeness (QED) is 0.491. The number of pyridine rings is 1. The number of fused-ring (bicyclic) bond motifs is 1. The van der Waals surface area contributed by atoms with Crippen LogP contribution in [0.25, 0.3) is 10.9 Å². The van der Waals surface area contributed by atoms with Crippen molar-refractivity contribution in [2.24, 2.45) is 0 Å². The molecule has 7 heteroatoms. The molecule has 0 unspecified atom stereocenters. The Balaban J connectivity index is 1.87. The Morgan fingerprint density at radius 2 is 1.88 bits per heavy atom. The number of hydrogen-bond acceptors (Lipinski definition) is 2. The third-order valence-corrected chi connectivity index (χ3v) is 5.13. The maximum absolute atomic E-state index is 13.7. The average Bonchev–Trinajstić information content (AvgIpc) is 2.58. The molecule has 0 saturated heterocycles. The van der Waals surface area contributed by atoms with Crippen molar-refractivity contribution in [1.82, 2.24) is 10.3 Å². The van der Waals surface area contributed by atoms with E-state index in [4.69, 9.17) is 0 Å². The van der Waals surface area contributed by atoms with Gasteiger partial charge >= 0.3 is 162 Å². The molecule has 3 nitrogen and oxygen atoms in total. The van der Waals surface area contributed by atoms with Crippen LogP contribution in [0.5, 0.6) is 0 Å². The summed E-state index contributed by atoms with van der Waals surface area (Å²) in [5.41, 5.74) is 1.41. The molecule has 0 saturated carbocycles. The topological polar surface area (TPSA) is 42.0 Å². The molecule has 0 aliphatic heterocycles. The van der Waals surface area contributed by atoms with Crippen LogP contribution in [0, 0.1) is 0 Å². The Labute approximate surface area is 167 Å². The second-order valence-electron chi connectivity index (χ2n) is 5.41. The van der Waals surface area contributed by atoms with Gasteiger partial charge in [0.25, 0.3) is 0 Å². The number of aromatic nitrogens is 1. The molecule has 1 aromatic heterocycles. The van der Waals surface area contributed by atoms with E-state index in [1.165, 1.54) is 6.07 Å². The van der Waals surface area contributed by atoms with Crippen molar-refractivity contribution >= 4 is 57.8 Å². The standard InChI is InChI=1S/C18H12BrF2N2O.Po/c19-14-8-12-6-7-15(23-16(12)9-13(14)17(20)21)18(24)22-10-11-4-2-1-3-5-11;/h1-9H,10H2,(H,22,24);. The molecule has 1 N–H and O–H groups in total. The third-order valence-electron chi connectivity index (χ3n) is 3.62. The van der Waals surface area contributed by atoms with Gasteiger partial charge in [-0.2, -0.15) is 0 Å². The summed E-state index contributed by atoms with van der Waals surface area (Å²) in [5.74, 6) is -0.343. The van der Waals surface area contributed by atoms with Gasteiger partial charge in [0.05, 0.1) is 0 Å². The molecule has 0 aliphatic carbocycles. The van der Waals surface area contributed by atoms with Crippen LogP contribution in [0.2, 0.25) is 0 Å². The Morgan fingerprint density at radius 3 is 2.56 bits per heavy atom. The van der Waals surface area contributed by atoms with Crippen molar-refractivity contribution in [3.63, 3.8) is 0 Å². The van der Waals surface area contributed by atoms with Crippen LogP contribution in [0.4, 0.5) is 8.78 Å². The van der Waals surface area contributed by atoms with Gasteiger partial charge in [0, 0.05) is 0 Å². The summed E-state index contributed by atoms with van der Waals surface area (Å²) in [4.78, 5) is 16.5. The molecule has 1 radical (unpaired) electrons. The van der Waals surface area contributed by atoms with Gasteiger partial charge in [0.15, 0.2) is 0 Å². The van der Waals surface area contributed by atoms with Crippen LogP contribution >= 0.6 is 15.9 Å². The normalized spacial score (nSPS) is 11.5. The zero-order valence-electron chi connectivity index (χ0n) is 12.8. The fourth-order valence-electron chi connectivity index (χ4n) is 2.36. The molecule has 0 atom stereocenters. The molecular weight excluding hydrogens is 587 g/mol. The van der Waals surface area contributed by atoms with Crippen molar-refractivity contribution in [2.75, 3.05) is 0 Å². The molecule has 3 aromatic rings. The van der Waals surface area contributed by atoms with Crippen LogP contribution in [0.3, 0.4) is 0 Å². The number of rotatable bonds is 4. The Hall–Kier alpha value is -1.44. The van der Waals surface area contributed by atoms with Crippen LogP contribution in [-0.2, 0) is 10.1 Å². The summed E-state index contributed by atoms with van der Waals surface area (Å²) in [6.07, 6.45) is 0. The number of alkyl halides is 2. The number of nitrogens with zero attached hydrogens (tertiary/aromatic N) is 1. The van der Waals surface area contributed by atoms with Gasteiger partial charge in [-0.25, -0.2) is 0 Å². The summed E-state index contributed by atoms with van der Waals surface area (Å²) in [7, 11) is 0. The van der Waals surface area contributed by atoms with Crippen molar-refractivity contribution in [1.29, 1.82) is 0 Å². The van der Waals surface area contributed by atoms with E-state index in [2.05, 4.69) is 26.2 Å². The van der Waals surface area contributed by atoms with E-state index in [0.29, 0.717) is 21.9 Å². The second kappa shape index (κ2) is 7.43. The minimum absolute atomic E-state index is 0.121. The Morgan fingerprint density at radius 1 is 1.16 bits per heavy atom. The molecule has 1 heterocycles. The Kier molecular flexibility index (Phi) is 5.45. The van der Waals surface area contributed by atoms with Crippen LogP contribution in [-0.4, -0.2) is 36.0 Å². The van der Waals surface area contributed by atoms with E-state index >= 15 is 0 Å². The third kappa shape index (κ3) is 4.40. The summed E-state index contributed by atoms with van der Waals surface area (Å²) >= 11 is 3.33. The molecule has 3 rings (SSSR count). The Bertz CT molecular complexity index is 930. The summed E-state index contributed by atoms with van der Waals surface area (Å²) in [6, 6.07) is 15.7. The van der Waals surface area contributed by atoms with Gasteiger partial charge in [-0.1, -0.05) is 6.07 Å². The number of carbonyl (C=O) groups is 1. The van der Waals surface area contributed by atoms with Crippen molar-refractivity contribution < 1.29 is 13.6 Å². The van der Waals surface area contributed by atoms with Crippen LogP contribution in [0.1, 0.15) is 21.6 Å². The zero-order chi connectivity index (χ0) is 18.0. The van der Waals surface area contributed by atoms with Gasteiger partial charge in [-0.3, -0.25) is 0 Å². The van der Waals surface area contributed by atoms with Gasteiger partial charge in [-0.05, 0) is 0 Å². The zero-order valence-corrected chi connectivity index (χ0v) is 17.6. The summed E-state index contributed by atoms with van der Waals surface area (Å²) in [5, 5.41) is 3.47. The minimum atomic E-state index is -2.92. The van der Waals surface area contributed by atoms with Gasteiger partial charge in [-0.15, -0.1) is 0 Å². The van der Waals surface area contributed by atoms with E-state index in [9.17, 15) is 13.6 Å². The summed E-state index contributed by atoms with van der Waals surface area (Å²) < 4.78 is 24.8. The predicted molar refractivity (Wildman–Crippen MR) is 96.7 cm³/mol. The number of benzene rings is 2. The van der Waals surface area contributed by atoms with Crippen molar-refractivity contribution in [2.45, 2.75) is 10.1 Å². The fraction of sp³-hybridized carbons (Fsp3) is 0.111. The average molecular weight is 599 g/mol. The van der Waals surface area contributed by atoms with Crippen LogP contribution in [0.15, 0.2) is 59.1 Å². The maximum atomic E-state index is 13.7. The molecule has 25 heavy (non-hydrogen) atoms. The fourth-order valence-corrected chi connectivity index (χ4v) is 4.19. The van der Waals surface area contributed by atoms with Gasteiger partial charge < -0.3 is 0 Å². The van der Waals surface area contributed by atoms with Crippen LogP contribution < -0.4 is 5.32 Å². The first-order chi connectivity index (χ1) is 11.8. The van der Waals surface area contributed by atoms with E-state index < -0.39 is 3.58 Å². The van der Waals surface area contributed by atoms with Gasteiger partial charge in [0.1, 0.15) is 0 Å². The summed E-state index contributed by atoms with van der Waals surface area (Å²) in [6.45, 7) is 0.376. The molecule has 0 aliphatic rings. The molecule has 2 aromatic carbocycles. The number of amides is 1. The van der Waals surface area contributed by atoms with Crippen molar-refractivity contribution in [3.05, 3.63) is 75.9 Å². The number of carbonyl (C=O) groups excluding carboxylic acids is 1. The predicted octanol–water partition coefficient (Wildman–Crippen LogP) is 4.15. The first kappa shape index (κ1) is 18.4. The first-order valence-electron chi connectivity index (χ1n) is 7.36.